The van der Waals surface area contributed by atoms with E-state index >= 15 is 0 Å². The third-order valence-corrected chi connectivity index (χ3v) is 3.49. The van der Waals surface area contributed by atoms with Gasteiger partial charge in [0.25, 0.3) is 0 Å². The molecule has 0 aliphatic carbocycles. The van der Waals surface area contributed by atoms with Gasteiger partial charge in [0.2, 0.25) is 0 Å². The molecular formula is C14H29NO2. The summed E-state index contributed by atoms with van der Waals surface area (Å²) in [4.78, 5) is 2.51. The first-order valence-corrected chi connectivity index (χ1v) is 7.28. The molecule has 1 aliphatic rings. The molecule has 1 rings (SSSR count). The first-order chi connectivity index (χ1) is 8.36. The monoisotopic (exact) mass is 243 g/mol. The summed E-state index contributed by atoms with van der Waals surface area (Å²) >= 11 is 0. The van der Waals surface area contributed by atoms with Crippen LogP contribution in [0.15, 0.2) is 0 Å². The molecule has 3 heteroatoms. The number of hydrogen-bond donors (Lipinski definition) is 0. The summed E-state index contributed by atoms with van der Waals surface area (Å²) in [5.74, 6) is 0. The van der Waals surface area contributed by atoms with Crippen LogP contribution in [0.25, 0.3) is 0 Å². The standard InChI is InChI=1S/C14H29NO2/c1-3-14(4-2)17-13-12-16-11-10-15-8-6-5-7-9-15/h14H,3-13H2,1-2H3. The number of hydrogen-bond acceptors (Lipinski definition) is 3. The van der Waals surface area contributed by atoms with Crippen molar-refractivity contribution in [2.24, 2.45) is 0 Å². The Morgan fingerprint density at radius 1 is 0.941 bits per heavy atom. The van der Waals surface area contributed by atoms with Crippen molar-refractivity contribution in [1.29, 1.82) is 0 Å². The lowest BCUT2D eigenvalue weighted by atomic mass is 10.1. The van der Waals surface area contributed by atoms with Crippen molar-refractivity contribution in [3.8, 4) is 0 Å². The van der Waals surface area contributed by atoms with Crippen LogP contribution >= 0.6 is 0 Å². The molecule has 102 valence electrons. The summed E-state index contributed by atoms with van der Waals surface area (Å²) in [5.41, 5.74) is 0. The molecule has 1 heterocycles. The predicted molar refractivity (Wildman–Crippen MR) is 71.4 cm³/mol. The lowest BCUT2D eigenvalue weighted by Crippen LogP contribution is -2.32. The third-order valence-electron chi connectivity index (χ3n) is 3.49. The zero-order chi connectivity index (χ0) is 12.3. The Hall–Kier alpha value is -0.120. The van der Waals surface area contributed by atoms with Gasteiger partial charge in [-0.2, -0.15) is 0 Å². The molecule has 17 heavy (non-hydrogen) atoms. The summed E-state index contributed by atoms with van der Waals surface area (Å²) in [6.45, 7) is 10.3. The molecule has 0 unspecified atom stereocenters. The molecule has 0 radical (unpaired) electrons. The van der Waals surface area contributed by atoms with Gasteiger partial charge in [0.1, 0.15) is 0 Å². The van der Waals surface area contributed by atoms with Crippen LogP contribution < -0.4 is 0 Å². The van der Waals surface area contributed by atoms with E-state index < -0.39 is 0 Å². The fraction of sp³-hybridized carbons (Fsp3) is 1.00. The van der Waals surface area contributed by atoms with Crippen LogP contribution in [0.3, 0.4) is 0 Å². The van der Waals surface area contributed by atoms with E-state index in [1.807, 2.05) is 0 Å². The molecule has 0 amide bonds. The average molecular weight is 243 g/mol. The summed E-state index contributed by atoms with van der Waals surface area (Å²) in [6.07, 6.45) is 6.74. The van der Waals surface area contributed by atoms with E-state index in [0.29, 0.717) is 6.10 Å². The third kappa shape index (κ3) is 7.02. The molecule has 3 nitrogen and oxygen atoms in total. The predicted octanol–water partition coefficient (Wildman–Crippen LogP) is 2.69. The second-order valence-corrected chi connectivity index (χ2v) is 4.82. The number of ether oxygens (including phenoxy) is 2. The molecule has 0 atom stereocenters. The average Bonchev–Trinajstić information content (AvgIpc) is 2.39. The lowest BCUT2D eigenvalue weighted by molar-refractivity contribution is -0.00273. The Morgan fingerprint density at radius 2 is 1.65 bits per heavy atom. The number of rotatable bonds is 9. The Balaban J connectivity index is 1.86. The van der Waals surface area contributed by atoms with Gasteiger partial charge in [-0.3, -0.25) is 0 Å². The minimum Gasteiger partial charge on any atom is -0.378 e. The van der Waals surface area contributed by atoms with Crippen LogP contribution in [0.4, 0.5) is 0 Å². The highest BCUT2D eigenvalue weighted by molar-refractivity contribution is 4.63. The largest absolute Gasteiger partial charge is 0.378 e. The summed E-state index contributed by atoms with van der Waals surface area (Å²) in [5, 5.41) is 0. The van der Waals surface area contributed by atoms with E-state index in [1.165, 1.54) is 32.4 Å². The molecule has 0 spiro atoms. The normalized spacial score (nSPS) is 17.8. The van der Waals surface area contributed by atoms with E-state index in [-0.39, 0.29) is 0 Å². The molecule has 0 saturated carbocycles. The molecule has 0 N–H and O–H groups in total. The lowest BCUT2D eigenvalue weighted by Gasteiger charge is -2.26. The van der Waals surface area contributed by atoms with Gasteiger partial charge in [0, 0.05) is 6.54 Å². The van der Waals surface area contributed by atoms with Gasteiger partial charge in [-0.15, -0.1) is 0 Å². The van der Waals surface area contributed by atoms with Crippen molar-refractivity contribution < 1.29 is 9.47 Å². The van der Waals surface area contributed by atoms with Crippen LogP contribution in [-0.2, 0) is 9.47 Å². The molecule has 0 aromatic heterocycles. The quantitative estimate of drug-likeness (QED) is 0.581. The highest BCUT2D eigenvalue weighted by Gasteiger charge is 2.09. The fourth-order valence-corrected chi connectivity index (χ4v) is 2.28. The second-order valence-electron chi connectivity index (χ2n) is 4.82. The van der Waals surface area contributed by atoms with Gasteiger partial charge < -0.3 is 14.4 Å². The number of likely N-dealkylation sites (tertiary alicyclic amines) is 1. The second kappa shape index (κ2) is 9.86. The fourth-order valence-electron chi connectivity index (χ4n) is 2.28. The van der Waals surface area contributed by atoms with Gasteiger partial charge in [-0.1, -0.05) is 20.3 Å². The molecule has 0 bridgehead atoms. The van der Waals surface area contributed by atoms with Crippen molar-refractivity contribution in [3.63, 3.8) is 0 Å². The van der Waals surface area contributed by atoms with E-state index in [2.05, 4.69) is 18.7 Å². The zero-order valence-electron chi connectivity index (χ0n) is 11.6. The minimum absolute atomic E-state index is 0.417. The van der Waals surface area contributed by atoms with Gasteiger partial charge in [-0.05, 0) is 38.8 Å². The van der Waals surface area contributed by atoms with Gasteiger partial charge in [0.15, 0.2) is 0 Å². The maximum absolute atomic E-state index is 5.69. The van der Waals surface area contributed by atoms with Crippen LogP contribution in [0.1, 0.15) is 46.0 Å². The summed E-state index contributed by atoms with van der Waals surface area (Å²) in [7, 11) is 0. The first kappa shape index (κ1) is 14.9. The number of piperidine rings is 1. The highest BCUT2D eigenvalue weighted by Crippen LogP contribution is 2.07. The first-order valence-electron chi connectivity index (χ1n) is 7.28. The zero-order valence-corrected chi connectivity index (χ0v) is 11.6. The Labute approximate surface area is 106 Å². The van der Waals surface area contributed by atoms with Crippen LogP contribution in [0.5, 0.6) is 0 Å². The van der Waals surface area contributed by atoms with Crippen LogP contribution in [0, 0.1) is 0 Å². The molecule has 1 aliphatic heterocycles. The summed E-state index contributed by atoms with van der Waals surface area (Å²) < 4.78 is 11.3. The SMILES string of the molecule is CCC(CC)OCCOCCN1CCCCC1. The minimum atomic E-state index is 0.417. The van der Waals surface area contributed by atoms with E-state index in [0.717, 1.165) is 39.2 Å². The van der Waals surface area contributed by atoms with Crippen molar-refractivity contribution in [2.75, 3.05) is 39.5 Å². The maximum Gasteiger partial charge on any atom is 0.0704 e. The Bertz CT molecular complexity index is 166. The highest BCUT2D eigenvalue weighted by atomic mass is 16.5. The maximum atomic E-state index is 5.69. The van der Waals surface area contributed by atoms with Gasteiger partial charge in [0.05, 0.1) is 25.9 Å². The van der Waals surface area contributed by atoms with Crippen molar-refractivity contribution in [1.82, 2.24) is 4.90 Å². The Kier molecular flexibility index (Phi) is 8.67. The van der Waals surface area contributed by atoms with Gasteiger partial charge in [-0.25, -0.2) is 0 Å². The Morgan fingerprint density at radius 3 is 2.29 bits per heavy atom. The smallest absolute Gasteiger partial charge is 0.0704 e. The molecule has 0 aromatic carbocycles. The molecule has 1 saturated heterocycles. The van der Waals surface area contributed by atoms with E-state index in [9.17, 15) is 0 Å². The van der Waals surface area contributed by atoms with Gasteiger partial charge >= 0.3 is 0 Å². The van der Waals surface area contributed by atoms with Crippen molar-refractivity contribution in [2.45, 2.75) is 52.1 Å². The van der Waals surface area contributed by atoms with E-state index in [4.69, 9.17) is 9.47 Å². The van der Waals surface area contributed by atoms with Crippen LogP contribution in [-0.4, -0.2) is 50.5 Å². The molecule has 1 fully saturated rings. The van der Waals surface area contributed by atoms with Crippen molar-refractivity contribution >= 4 is 0 Å². The van der Waals surface area contributed by atoms with Crippen LogP contribution in [0.2, 0.25) is 0 Å². The topological polar surface area (TPSA) is 21.7 Å². The number of nitrogens with zero attached hydrogens (tertiary/aromatic N) is 1. The van der Waals surface area contributed by atoms with E-state index in [1.54, 1.807) is 0 Å². The molecular weight excluding hydrogens is 214 g/mol. The molecule has 0 aromatic rings. The van der Waals surface area contributed by atoms with Crippen molar-refractivity contribution in [3.05, 3.63) is 0 Å². The summed E-state index contributed by atoms with van der Waals surface area (Å²) in [6, 6.07) is 0.